The van der Waals surface area contributed by atoms with Crippen molar-refractivity contribution in [3.63, 3.8) is 0 Å². The summed E-state index contributed by atoms with van der Waals surface area (Å²) in [6.07, 6.45) is 1.37. The third-order valence-corrected chi connectivity index (χ3v) is 3.93. The van der Waals surface area contributed by atoms with E-state index in [9.17, 15) is 0 Å². The van der Waals surface area contributed by atoms with Crippen molar-refractivity contribution in [2.24, 2.45) is 0 Å². The van der Waals surface area contributed by atoms with E-state index >= 15 is 0 Å². The highest BCUT2D eigenvalue weighted by molar-refractivity contribution is 7.99. The Morgan fingerprint density at radius 3 is 2.93 bits per heavy atom. The second kappa shape index (κ2) is 4.68. The van der Waals surface area contributed by atoms with Crippen LogP contribution in [0.2, 0.25) is 5.15 Å². The van der Waals surface area contributed by atoms with Gasteiger partial charge in [0.15, 0.2) is 0 Å². The summed E-state index contributed by atoms with van der Waals surface area (Å²) in [7, 11) is 0. The number of hydrogen-bond acceptors (Lipinski definition) is 4. The van der Waals surface area contributed by atoms with Crippen LogP contribution in [0, 0.1) is 6.92 Å². The van der Waals surface area contributed by atoms with E-state index in [1.54, 1.807) is 11.8 Å². The third-order valence-electron chi connectivity index (χ3n) is 2.36. The molecule has 0 saturated carbocycles. The van der Waals surface area contributed by atoms with Crippen molar-refractivity contribution >= 4 is 23.4 Å². The number of nitrogens with zero attached hydrogens (tertiary/aromatic N) is 2. The number of halogens is 1. The second-order valence-electron chi connectivity index (χ2n) is 3.60. The summed E-state index contributed by atoms with van der Waals surface area (Å²) < 4.78 is 5.50. The first-order chi connectivity index (χ1) is 7.15. The van der Waals surface area contributed by atoms with Crippen LogP contribution in [0.15, 0.2) is 11.1 Å². The molecule has 1 fully saturated rings. The fraction of sp³-hybridized carbons (Fsp3) is 0.600. The SMILES string of the molecule is Cc1nc(Cl)cc(SC2CCOC2C)n1. The van der Waals surface area contributed by atoms with Gasteiger partial charge in [-0.15, -0.1) is 11.8 Å². The van der Waals surface area contributed by atoms with Gasteiger partial charge in [-0.25, -0.2) is 9.97 Å². The molecule has 0 spiro atoms. The smallest absolute Gasteiger partial charge is 0.133 e. The van der Waals surface area contributed by atoms with Crippen LogP contribution in [0.4, 0.5) is 0 Å². The highest BCUT2D eigenvalue weighted by Crippen LogP contribution is 2.32. The van der Waals surface area contributed by atoms with Gasteiger partial charge in [0, 0.05) is 17.9 Å². The second-order valence-corrected chi connectivity index (χ2v) is 5.24. The minimum atomic E-state index is 0.295. The topological polar surface area (TPSA) is 35.0 Å². The van der Waals surface area contributed by atoms with Crippen LogP contribution in [-0.2, 0) is 4.74 Å². The van der Waals surface area contributed by atoms with Crippen LogP contribution in [0.25, 0.3) is 0 Å². The highest BCUT2D eigenvalue weighted by atomic mass is 35.5. The van der Waals surface area contributed by atoms with Gasteiger partial charge < -0.3 is 4.74 Å². The Labute approximate surface area is 98.6 Å². The maximum atomic E-state index is 5.88. The van der Waals surface area contributed by atoms with Gasteiger partial charge in [0.25, 0.3) is 0 Å². The molecule has 0 aromatic carbocycles. The van der Waals surface area contributed by atoms with Crippen molar-refractivity contribution in [2.75, 3.05) is 6.61 Å². The first kappa shape index (κ1) is 11.2. The van der Waals surface area contributed by atoms with Gasteiger partial charge in [-0.3, -0.25) is 0 Å². The molecule has 5 heteroatoms. The maximum Gasteiger partial charge on any atom is 0.133 e. The van der Waals surface area contributed by atoms with Crippen molar-refractivity contribution in [3.8, 4) is 0 Å². The molecule has 1 saturated heterocycles. The van der Waals surface area contributed by atoms with Crippen molar-refractivity contribution in [3.05, 3.63) is 17.0 Å². The van der Waals surface area contributed by atoms with Crippen LogP contribution >= 0.6 is 23.4 Å². The van der Waals surface area contributed by atoms with Crippen molar-refractivity contribution in [1.29, 1.82) is 0 Å². The van der Waals surface area contributed by atoms with E-state index in [0.29, 0.717) is 16.5 Å². The Morgan fingerprint density at radius 2 is 2.33 bits per heavy atom. The summed E-state index contributed by atoms with van der Waals surface area (Å²) >= 11 is 7.60. The minimum absolute atomic E-state index is 0.295. The lowest BCUT2D eigenvalue weighted by Gasteiger charge is -2.12. The molecule has 0 bridgehead atoms. The summed E-state index contributed by atoms with van der Waals surface area (Å²) in [5.41, 5.74) is 0. The molecule has 15 heavy (non-hydrogen) atoms. The van der Waals surface area contributed by atoms with Crippen LogP contribution in [0.3, 0.4) is 0 Å². The molecule has 0 N–H and O–H groups in total. The van der Waals surface area contributed by atoms with Crippen molar-refractivity contribution in [1.82, 2.24) is 9.97 Å². The highest BCUT2D eigenvalue weighted by Gasteiger charge is 2.25. The zero-order valence-corrected chi connectivity index (χ0v) is 10.3. The Hall–Kier alpha value is -0.320. The summed E-state index contributed by atoms with van der Waals surface area (Å²) in [6, 6.07) is 1.81. The van der Waals surface area contributed by atoms with Gasteiger partial charge in [-0.1, -0.05) is 11.6 Å². The molecule has 3 nitrogen and oxygen atoms in total. The van der Waals surface area contributed by atoms with E-state index < -0.39 is 0 Å². The molecule has 2 unspecified atom stereocenters. The Kier molecular flexibility index (Phi) is 3.49. The van der Waals surface area contributed by atoms with Gasteiger partial charge in [0.05, 0.1) is 6.10 Å². The molecule has 2 atom stereocenters. The van der Waals surface area contributed by atoms with Crippen molar-refractivity contribution in [2.45, 2.75) is 36.6 Å². The zero-order chi connectivity index (χ0) is 10.8. The molecule has 82 valence electrons. The normalized spacial score (nSPS) is 25.8. The number of hydrogen-bond donors (Lipinski definition) is 0. The van der Waals surface area contributed by atoms with E-state index in [2.05, 4.69) is 16.9 Å². The van der Waals surface area contributed by atoms with E-state index in [4.69, 9.17) is 16.3 Å². The average Bonchev–Trinajstić information content (AvgIpc) is 2.50. The fourth-order valence-electron chi connectivity index (χ4n) is 1.59. The quantitative estimate of drug-likeness (QED) is 0.750. The predicted octanol–water partition coefficient (Wildman–Crippen LogP) is 2.71. The van der Waals surface area contributed by atoms with Gasteiger partial charge in [0.2, 0.25) is 0 Å². The van der Waals surface area contributed by atoms with Crippen molar-refractivity contribution < 1.29 is 4.74 Å². The maximum absolute atomic E-state index is 5.88. The molecule has 1 aliphatic heterocycles. The Balaban J connectivity index is 2.10. The lowest BCUT2D eigenvalue weighted by Crippen LogP contribution is -2.13. The number of ether oxygens (including phenoxy) is 1. The Morgan fingerprint density at radius 1 is 1.53 bits per heavy atom. The average molecular weight is 245 g/mol. The summed E-state index contributed by atoms with van der Waals surface area (Å²) in [5, 5.41) is 1.93. The molecule has 1 aromatic heterocycles. The van der Waals surface area contributed by atoms with E-state index in [1.165, 1.54) is 0 Å². The zero-order valence-electron chi connectivity index (χ0n) is 8.74. The van der Waals surface area contributed by atoms with E-state index in [1.807, 2.05) is 13.0 Å². The number of aryl methyl sites for hydroxylation is 1. The molecule has 1 aromatic rings. The van der Waals surface area contributed by atoms with Gasteiger partial charge in [0.1, 0.15) is 16.0 Å². The Bertz CT molecular complexity index is 341. The predicted molar refractivity (Wildman–Crippen MR) is 61.5 cm³/mol. The number of rotatable bonds is 2. The molecular formula is C10H13ClN2OS. The first-order valence-corrected chi connectivity index (χ1v) is 6.20. The molecule has 0 amide bonds. The summed E-state index contributed by atoms with van der Waals surface area (Å²) in [5.74, 6) is 0.719. The van der Waals surface area contributed by atoms with Gasteiger partial charge in [-0.05, 0) is 20.3 Å². The van der Waals surface area contributed by atoms with Gasteiger partial charge >= 0.3 is 0 Å². The lowest BCUT2D eigenvalue weighted by molar-refractivity contribution is 0.127. The molecule has 2 heterocycles. The van der Waals surface area contributed by atoms with Crippen LogP contribution in [-0.4, -0.2) is 27.9 Å². The monoisotopic (exact) mass is 244 g/mol. The van der Waals surface area contributed by atoms with Gasteiger partial charge in [-0.2, -0.15) is 0 Å². The standard InChI is InChI=1S/C10H13ClN2OS/c1-6-8(3-4-14-6)15-10-5-9(11)12-7(2)13-10/h5-6,8H,3-4H2,1-2H3. The molecule has 2 rings (SSSR count). The number of thioether (sulfide) groups is 1. The van der Waals surface area contributed by atoms with E-state index in [-0.39, 0.29) is 0 Å². The molecule has 0 radical (unpaired) electrons. The number of aromatic nitrogens is 2. The minimum Gasteiger partial charge on any atom is -0.377 e. The first-order valence-electron chi connectivity index (χ1n) is 4.94. The van der Waals surface area contributed by atoms with Crippen LogP contribution in [0.5, 0.6) is 0 Å². The largest absolute Gasteiger partial charge is 0.377 e. The molecular weight excluding hydrogens is 232 g/mol. The third kappa shape index (κ3) is 2.83. The van der Waals surface area contributed by atoms with Crippen LogP contribution in [0.1, 0.15) is 19.2 Å². The lowest BCUT2D eigenvalue weighted by atomic mass is 10.3. The molecule has 1 aliphatic rings. The van der Waals surface area contributed by atoms with E-state index in [0.717, 1.165) is 23.9 Å². The molecule has 0 aliphatic carbocycles. The summed E-state index contributed by atoms with van der Waals surface area (Å²) in [6.45, 7) is 4.79. The van der Waals surface area contributed by atoms with Crippen LogP contribution < -0.4 is 0 Å². The fourth-order valence-corrected chi connectivity index (χ4v) is 3.04. The summed E-state index contributed by atoms with van der Waals surface area (Å²) in [4.78, 5) is 8.38.